The van der Waals surface area contributed by atoms with Crippen LogP contribution in [0.1, 0.15) is 34.9 Å². The Kier molecular flexibility index (Phi) is 6.15. The fourth-order valence-electron chi connectivity index (χ4n) is 2.91. The molecular weight excluding hydrogens is 338 g/mol. The summed E-state index contributed by atoms with van der Waals surface area (Å²) in [7, 11) is 1.64. The van der Waals surface area contributed by atoms with Gasteiger partial charge in [-0.1, -0.05) is 42.5 Å². The summed E-state index contributed by atoms with van der Waals surface area (Å²) >= 11 is 0. The molecule has 5 nitrogen and oxygen atoms in total. The molecule has 1 unspecified atom stereocenters. The highest BCUT2D eigenvalue weighted by Gasteiger charge is 2.18. The molecule has 0 saturated carbocycles. The Morgan fingerprint density at radius 2 is 1.70 bits per heavy atom. The van der Waals surface area contributed by atoms with E-state index in [2.05, 4.69) is 15.3 Å². The zero-order valence-corrected chi connectivity index (χ0v) is 15.6. The number of hydrogen-bond donors (Lipinski definition) is 1. The zero-order valence-electron chi connectivity index (χ0n) is 15.6. The summed E-state index contributed by atoms with van der Waals surface area (Å²) in [5.74, 6) is 0.746. The number of rotatable bonds is 7. The molecule has 1 aromatic heterocycles. The largest absolute Gasteiger partial charge is 0.497 e. The molecule has 0 aliphatic carbocycles. The summed E-state index contributed by atoms with van der Waals surface area (Å²) in [5.41, 5.74) is 3.78. The fourth-order valence-corrected chi connectivity index (χ4v) is 2.91. The highest BCUT2D eigenvalue weighted by Crippen LogP contribution is 2.29. The van der Waals surface area contributed by atoms with Crippen molar-refractivity contribution in [2.24, 2.45) is 0 Å². The van der Waals surface area contributed by atoms with Gasteiger partial charge in [0, 0.05) is 18.5 Å². The summed E-state index contributed by atoms with van der Waals surface area (Å²) in [6.45, 7) is 2.25. The summed E-state index contributed by atoms with van der Waals surface area (Å²) in [6, 6.07) is 17.9. The lowest BCUT2D eigenvalue weighted by atomic mass is 9.88. The number of nitrogens with zero attached hydrogens (tertiary/aromatic N) is 2. The van der Waals surface area contributed by atoms with Crippen LogP contribution in [0, 0.1) is 6.92 Å². The van der Waals surface area contributed by atoms with E-state index in [0.717, 1.165) is 28.3 Å². The van der Waals surface area contributed by atoms with Gasteiger partial charge in [-0.25, -0.2) is 0 Å². The van der Waals surface area contributed by atoms with Crippen molar-refractivity contribution in [3.05, 3.63) is 89.5 Å². The molecule has 0 radical (unpaired) electrons. The minimum atomic E-state index is -0.0267. The molecule has 5 heteroatoms. The third-order valence-electron chi connectivity index (χ3n) is 4.41. The monoisotopic (exact) mass is 361 g/mol. The maximum Gasteiger partial charge on any atom is 0.221 e. The van der Waals surface area contributed by atoms with Crippen molar-refractivity contribution in [2.45, 2.75) is 25.8 Å². The van der Waals surface area contributed by atoms with Crippen LogP contribution < -0.4 is 10.1 Å². The Hall–Kier alpha value is -3.21. The molecular formula is C22H23N3O2. The van der Waals surface area contributed by atoms with Crippen LogP contribution in [-0.2, 0) is 11.3 Å². The molecule has 1 N–H and O–H groups in total. The summed E-state index contributed by atoms with van der Waals surface area (Å²) in [6.07, 6.45) is 3.75. The highest BCUT2D eigenvalue weighted by atomic mass is 16.5. The van der Waals surface area contributed by atoms with Crippen LogP contribution in [0.5, 0.6) is 5.75 Å². The van der Waals surface area contributed by atoms with Gasteiger partial charge >= 0.3 is 0 Å². The molecule has 3 rings (SSSR count). The number of carbonyl (C=O) groups is 1. The maximum atomic E-state index is 12.6. The average Bonchev–Trinajstić information content (AvgIpc) is 2.72. The number of ether oxygens (including phenoxy) is 1. The van der Waals surface area contributed by atoms with Crippen molar-refractivity contribution in [3.63, 3.8) is 0 Å². The molecule has 0 aliphatic heterocycles. The topological polar surface area (TPSA) is 64.1 Å². The van der Waals surface area contributed by atoms with Crippen LogP contribution in [0.25, 0.3) is 0 Å². The van der Waals surface area contributed by atoms with Gasteiger partial charge in [0.25, 0.3) is 0 Å². The number of amides is 1. The Labute approximate surface area is 159 Å². The van der Waals surface area contributed by atoms with Gasteiger partial charge in [-0.15, -0.1) is 0 Å². The van der Waals surface area contributed by atoms with Crippen LogP contribution in [0.4, 0.5) is 0 Å². The second kappa shape index (κ2) is 8.94. The minimum Gasteiger partial charge on any atom is -0.497 e. The molecule has 0 spiro atoms. The quantitative estimate of drug-likeness (QED) is 0.698. The van der Waals surface area contributed by atoms with E-state index < -0.39 is 0 Å². The van der Waals surface area contributed by atoms with Gasteiger partial charge in [-0.3, -0.25) is 14.8 Å². The van der Waals surface area contributed by atoms with E-state index >= 15 is 0 Å². The normalized spacial score (nSPS) is 11.6. The van der Waals surface area contributed by atoms with Crippen LogP contribution in [-0.4, -0.2) is 23.0 Å². The Morgan fingerprint density at radius 3 is 2.33 bits per heavy atom. The predicted molar refractivity (Wildman–Crippen MR) is 105 cm³/mol. The van der Waals surface area contributed by atoms with Gasteiger partial charge in [0.1, 0.15) is 5.75 Å². The van der Waals surface area contributed by atoms with Crippen molar-refractivity contribution < 1.29 is 9.53 Å². The minimum absolute atomic E-state index is 0.0259. The summed E-state index contributed by atoms with van der Waals surface area (Å²) in [4.78, 5) is 21.1. The Morgan fingerprint density at radius 1 is 1.00 bits per heavy atom. The first kappa shape index (κ1) is 18.6. The van der Waals surface area contributed by atoms with E-state index in [9.17, 15) is 4.79 Å². The van der Waals surface area contributed by atoms with Crippen LogP contribution in [0.15, 0.2) is 67.0 Å². The second-order valence-corrected chi connectivity index (χ2v) is 6.37. The van der Waals surface area contributed by atoms with Gasteiger partial charge < -0.3 is 10.1 Å². The fraction of sp³-hybridized carbons (Fsp3) is 0.227. The molecule has 138 valence electrons. The number of benzene rings is 2. The molecule has 0 saturated heterocycles. The van der Waals surface area contributed by atoms with E-state index in [1.807, 2.05) is 61.5 Å². The number of aryl methyl sites for hydroxylation is 1. The number of carbonyl (C=O) groups excluding carboxylic acids is 1. The van der Waals surface area contributed by atoms with Crippen molar-refractivity contribution in [1.29, 1.82) is 0 Å². The smallest absolute Gasteiger partial charge is 0.221 e. The van der Waals surface area contributed by atoms with E-state index in [0.29, 0.717) is 13.0 Å². The van der Waals surface area contributed by atoms with Crippen LogP contribution >= 0.6 is 0 Å². The van der Waals surface area contributed by atoms with Crippen molar-refractivity contribution >= 4 is 5.91 Å². The Bertz CT molecular complexity index is 862. The lowest BCUT2D eigenvalue weighted by Crippen LogP contribution is -2.25. The SMILES string of the molecule is COc1ccc(C(CC(=O)NCc2cnc(C)cn2)c2ccccc2)cc1. The first-order valence-corrected chi connectivity index (χ1v) is 8.89. The van der Waals surface area contributed by atoms with Gasteiger partial charge in [0.05, 0.1) is 31.2 Å². The van der Waals surface area contributed by atoms with E-state index in [-0.39, 0.29) is 11.8 Å². The van der Waals surface area contributed by atoms with Gasteiger partial charge in [0.2, 0.25) is 5.91 Å². The van der Waals surface area contributed by atoms with E-state index in [1.165, 1.54) is 0 Å². The van der Waals surface area contributed by atoms with Crippen molar-refractivity contribution in [1.82, 2.24) is 15.3 Å². The molecule has 2 aromatic carbocycles. The van der Waals surface area contributed by atoms with Gasteiger partial charge in [-0.05, 0) is 30.2 Å². The molecule has 27 heavy (non-hydrogen) atoms. The van der Waals surface area contributed by atoms with Crippen molar-refractivity contribution in [3.8, 4) is 5.75 Å². The number of methoxy groups -OCH3 is 1. The van der Waals surface area contributed by atoms with Crippen LogP contribution in [0.2, 0.25) is 0 Å². The average molecular weight is 361 g/mol. The second-order valence-electron chi connectivity index (χ2n) is 6.37. The maximum absolute atomic E-state index is 12.6. The van der Waals surface area contributed by atoms with E-state index in [4.69, 9.17) is 4.74 Å². The third kappa shape index (κ3) is 5.14. The standard InChI is InChI=1S/C22H23N3O2/c1-16-13-24-19(14-23-16)15-25-22(26)12-21(17-6-4-3-5-7-17)18-8-10-20(27-2)11-9-18/h3-11,13-14,21H,12,15H2,1-2H3,(H,25,26). The predicted octanol–water partition coefficient (Wildman–Crippen LogP) is 3.63. The molecule has 1 heterocycles. The number of aromatic nitrogens is 2. The third-order valence-corrected chi connectivity index (χ3v) is 4.41. The van der Waals surface area contributed by atoms with E-state index in [1.54, 1.807) is 19.5 Å². The molecule has 0 aliphatic rings. The first-order chi connectivity index (χ1) is 13.2. The molecule has 0 bridgehead atoms. The lowest BCUT2D eigenvalue weighted by molar-refractivity contribution is -0.121. The highest BCUT2D eigenvalue weighted by molar-refractivity contribution is 5.77. The molecule has 3 aromatic rings. The van der Waals surface area contributed by atoms with Crippen LogP contribution in [0.3, 0.4) is 0 Å². The molecule has 1 atom stereocenters. The first-order valence-electron chi connectivity index (χ1n) is 8.89. The zero-order chi connectivity index (χ0) is 19.1. The van der Waals surface area contributed by atoms with Crippen molar-refractivity contribution in [2.75, 3.05) is 7.11 Å². The summed E-state index contributed by atoms with van der Waals surface area (Å²) in [5, 5.41) is 2.94. The number of hydrogen-bond acceptors (Lipinski definition) is 4. The molecule has 1 amide bonds. The molecule has 0 fully saturated rings. The van der Waals surface area contributed by atoms with Gasteiger partial charge in [0.15, 0.2) is 0 Å². The summed E-state index contributed by atoms with van der Waals surface area (Å²) < 4.78 is 5.24. The van der Waals surface area contributed by atoms with Gasteiger partial charge in [-0.2, -0.15) is 0 Å². The lowest BCUT2D eigenvalue weighted by Gasteiger charge is -2.18. The number of nitrogens with one attached hydrogen (secondary N) is 1. The Balaban J connectivity index is 1.72.